The van der Waals surface area contributed by atoms with Crippen molar-refractivity contribution in [2.24, 2.45) is 0 Å². The Morgan fingerprint density at radius 3 is 2.59 bits per heavy atom. The van der Waals surface area contributed by atoms with Gasteiger partial charge in [0.2, 0.25) is 0 Å². The van der Waals surface area contributed by atoms with E-state index < -0.39 is 0 Å². The average Bonchev–Trinajstić information content (AvgIpc) is 2.51. The van der Waals surface area contributed by atoms with Crippen LogP contribution in [0.2, 0.25) is 0 Å². The number of fused-ring (bicyclic) bond motifs is 1. The number of hydrogen-bond donors (Lipinski definition) is 1. The second kappa shape index (κ2) is 8.14. The SMILES string of the molecule is C=CC[NH+]1CCOC(c2ccccc2)c2ccccc2C1.[Cl-]. The van der Waals surface area contributed by atoms with Gasteiger partial charge in [0, 0.05) is 5.56 Å². The van der Waals surface area contributed by atoms with Crippen molar-refractivity contribution < 1.29 is 22.0 Å². The third-order valence-corrected chi connectivity index (χ3v) is 4.05. The van der Waals surface area contributed by atoms with Crippen LogP contribution < -0.4 is 17.3 Å². The Morgan fingerprint density at radius 1 is 1.09 bits per heavy atom. The summed E-state index contributed by atoms with van der Waals surface area (Å²) in [7, 11) is 0. The van der Waals surface area contributed by atoms with Crippen LogP contribution >= 0.6 is 0 Å². The summed E-state index contributed by atoms with van der Waals surface area (Å²) in [5.41, 5.74) is 3.91. The highest BCUT2D eigenvalue weighted by atomic mass is 35.5. The molecular weight excluding hydrogens is 294 g/mol. The van der Waals surface area contributed by atoms with E-state index in [2.05, 4.69) is 55.1 Å². The van der Waals surface area contributed by atoms with E-state index in [4.69, 9.17) is 4.74 Å². The van der Waals surface area contributed by atoms with E-state index in [-0.39, 0.29) is 18.5 Å². The molecule has 0 fully saturated rings. The molecule has 1 heterocycles. The molecule has 0 saturated heterocycles. The van der Waals surface area contributed by atoms with Gasteiger partial charge in [0.15, 0.2) is 0 Å². The van der Waals surface area contributed by atoms with Crippen LogP contribution in [0.25, 0.3) is 0 Å². The van der Waals surface area contributed by atoms with Gasteiger partial charge in [-0.25, -0.2) is 0 Å². The fourth-order valence-corrected chi connectivity index (χ4v) is 3.00. The molecule has 116 valence electrons. The van der Waals surface area contributed by atoms with E-state index in [1.165, 1.54) is 21.6 Å². The van der Waals surface area contributed by atoms with Gasteiger partial charge in [-0.05, 0) is 17.2 Å². The van der Waals surface area contributed by atoms with Crippen molar-refractivity contribution in [3.05, 3.63) is 83.9 Å². The number of hydrogen-bond acceptors (Lipinski definition) is 1. The maximum absolute atomic E-state index is 6.22. The van der Waals surface area contributed by atoms with Crippen LogP contribution in [0.1, 0.15) is 22.8 Å². The quantitative estimate of drug-likeness (QED) is 0.746. The van der Waals surface area contributed by atoms with Crippen molar-refractivity contribution in [2.75, 3.05) is 19.7 Å². The highest BCUT2D eigenvalue weighted by molar-refractivity contribution is 5.36. The largest absolute Gasteiger partial charge is 1.00 e. The zero-order valence-electron chi connectivity index (χ0n) is 12.7. The molecule has 0 aliphatic carbocycles. The first kappa shape index (κ1) is 16.8. The Morgan fingerprint density at radius 2 is 1.82 bits per heavy atom. The molecule has 2 unspecified atom stereocenters. The molecule has 3 heteroatoms. The molecule has 1 N–H and O–H groups in total. The molecule has 1 aliphatic heterocycles. The van der Waals surface area contributed by atoms with Gasteiger partial charge in [0.05, 0.1) is 13.2 Å². The molecule has 0 spiro atoms. The van der Waals surface area contributed by atoms with E-state index in [0.717, 1.165) is 26.2 Å². The molecule has 2 atom stereocenters. The fraction of sp³-hybridized carbons (Fsp3) is 0.263. The van der Waals surface area contributed by atoms with E-state index in [1.54, 1.807) is 0 Å². The van der Waals surface area contributed by atoms with Gasteiger partial charge >= 0.3 is 0 Å². The maximum atomic E-state index is 6.22. The molecular formula is C19H22ClNO. The fourth-order valence-electron chi connectivity index (χ4n) is 3.00. The molecule has 2 aromatic carbocycles. The van der Waals surface area contributed by atoms with Crippen LogP contribution in [0.5, 0.6) is 0 Å². The second-order valence-electron chi connectivity index (χ2n) is 5.53. The number of quaternary nitrogens is 1. The van der Waals surface area contributed by atoms with Gasteiger partial charge in [-0.3, -0.25) is 0 Å². The first-order valence-corrected chi connectivity index (χ1v) is 7.57. The topological polar surface area (TPSA) is 13.7 Å². The summed E-state index contributed by atoms with van der Waals surface area (Å²) < 4.78 is 6.22. The first-order chi connectivity index (χ1) is 10.4. The third kappa shape index (κ3) is 3.77. The Bertz CT molecular complexity index is 599. The van der Waals surface area contributed by atoms with Crippen molar-refractivity contribution in [1.82, 2.24) is 0 Å². The van der Waals surface area contributed by atoms with Crippen LogP contribution in [0.3, 0.4) is 0 Å². The van der Waals surface area contributed by atoms with Gasteiger partial charge in [-0.15, -0.1) is 0 Å². The van der Waals surface area contributed by atoms with Crippen molar-refractivity contribution in [1.29, 1.82) is 0 Å². The molecule has 2 aromatic rings. The van der Waals surface area contributed by atoms with E-state index >= 15 is 0 Å². The summed E-state index contributed by atoms with van der Waals surface area (Å²) in [6.45, 7) is 7.67. The van der Waals surface area contributed by atoms with E-state index in [9.17, 15) is 0 Å². The molecule has 22 heavy (non-hydrogen) atoms. The minimum absolute atomic E-state index is 0. The van der Waals surface area contributed by atoms with Gasteiger partial charge in [0.25, 0.3) is 0 Å². The average molecular weight is 316 g/mol. The Kier molecular flexibility index (Phi) is 6.20. The highest BCUT2D eigenvalue weighted by Gasteiger charge is 2.23. The van der Waals surface area contributed by atoms with Gasteiger partial charge in [0.1, 0.15) is 19.2 Å². The maximum Gasteiger partial charge on any atom is 0.108 e. The van der Waals surface area contributed by atoms with Crippen LogP contribution in [0.15, 0.2) is 67.3 Å². The van der Waals surface area contributed by atoms with Crippen LogP contribution in [-0.2, 0) is 11.3 Å². The lowest BCUT2D eigenvalue weighted by Crippen LogP contribution is -3.11. The molecule has 0 aromatic heterocycles. The first-order valence-electron chi connectivity index (χ1n) is 7.57. The standard InChI is InChI=1S/C19H21NO.ClH/c1-2-12-20-13-14-21-19(16-8-4-3-5-9-16)18-11-7-6-10-17(18)15-20;/h2-11,19H,1,12-15H2;1H. The smallest absolute Gasteiger partial charge is 0.108 e. The Labute approximate surface area is 138 Å². The summed E-state index contributed by atoms with van der Waals surface area (Å²) in [4.78, 5) is 1.50. The minimum atomic E-state index is 0. The molecule has 0 amide bonds. The lowest BCUT2D eigenvalue weighted by Gasteiger charge is -2.28. The normalized spacial score (nSPS) is 20.9. The van der Waals surface area contributed by atoms with Crippen LogP contribution in [-0.4, -0.2) is 19.7 Å². The summed E-state index contributed by atoms with van der Waals surface area (Å²) in [5.74, 6) is 0. The third-order valence-electron chi connectivity index (χ3n) is 4.05. The predicted molar refractivity (Wildman–Crippen MR) is 85.3 cm³/mol. The van der Waals surface area contributed by atoms with Crippen LogP contribution in [0.4, 0.5) is 0 Å². The lowest BCUT2D eigenvalue weighted by atomic mass is 9.95. The summed E-state index contributed by atoms with van der Waals surface area (Å²) in [5, 5.41) is 0. The predicted octanol–water partition coefficient (Wildman–Crippen LogP) is -0.619. The lowest BCUT2D eigenvalue weighted by molar-refractivity contribution is -0.909. The zero-order valence-corrected chi connectivity index (χ0v) is 13.4. The van der Waals surface area contributed by atoms with Crippen molar-refractivity contribution in [2.45, 2.75) is 12.6 Å². The minimum Gasteiger partial charge on any atom is -1.00 e. The van der Waals surface area contributed by atoms with Gasteiger partial charge in [-0.2, -0.15) is 0 Å². The second-order valence-corrected chi connectivity index (χ2v) is 5.53. The molecule has 3 rings (SSSR count). The molecule has 0 radical (unpaired) electrons. The zero-order chi connectivity index (χ0) is 14.5. The monoisotopic (exact) mass is 315 g/mol. The summed E-state index contributed by atoms with van der Waals surface area (Å²) >= 11 is 0. The summed E-state index contributed by atoms with van der Waals surface area (Å²) in [6, 6.07) is 19.2. The molecule has 1 aliphatic rings. The van der Waals surface area contributed by atoms with Crippen molar-refractivity contribution >= 4 is 0 Å². The molecule has 0 saturated carbocycles. The van der Waals surface area contributed by atoms with Crippen molar-refractivity contribution in [3.63, 3.8) is 0 Å². The number of nitrogens with one attached hydrogen (secondary N) is 1. The summed E-state index contributed by atoms with van der Waals surface area (Å²) in [6.07, 6.45) is 2.04. The Hall–Kier alpha value is -1.61. The highest BCUT2D eigenvalue weighted by Crippen LogP contribution is 2.28. The number of halogens is 1. The number of rotatable bonds is 3. The van der Waals surface area contributed by atoms with Gasteiger partial charge in [-0.1, -0.05) is 61.2 Å². The Balaban J connectivity index is 0.00000176. The molecule has 0 bridgehead atoms. The van der Waals surface area contributed by atoms with E-state index in [0.29, 0.717) is 0 Å². The van der Waals surface area contributed by atoms with Crippen LogP contribution in [0, 0.1) is 0 Å². The number of benzene rings is 2. The van der Waals surface area contributed by atoms with Gasteiger partial charge < -0.3 is 22.0 Å². The van der Waals surface area contributed by atoms with E-state index in [1.807, 2.05) is 12.1 Å². The van der Waals surface area contributed by atoms with Crippen molar-refractivity contribution in [3.8, 4) is 0 Å². The molecule has 2 nitrogen and oxygen atoms in total. The number of ether oxygens (including phenoxy) is 1.